The Bertz CT molecular complexity index is 967. The molecular formula is C23H25FN4O3S. The highest BCUT2D eigenvalue weighted by Crippen LogP contribution is 2.27. The van der Waals surface area contributed by atoms with E-state index in [0.29, 0.717) is 36.2 Å². The highest BCUT2D eigenvalue weighted by Gasteiger charge is 2.44. The summed E-state index contributed by atoms with van der Waals surface area (Å²) >= 11 is 5.68. The summed E-state index contributed by atoms with van der Waals surface area (Å²) < 4.78 is 18.5. The Kier molecular flexibility index (Phi) is 7.09. The molecule has 0 aliphatic carbocycles. The molecule has 1 N–H and O–H groups in total. The lowest BCUT2D eigenvalue weighted by Gasteiger charge is -2.30. The summed E-state index contributed by atoms with van der Waals surface area (Å²) in [7, 11) is 0. The zero-order valence-electron chi connectivity index (χ0n) is 17.6. The molecule has 0 radical (unpaired) electrons. The summed E-state index contributed by atoms with van der Waals surface area (Å²) in [6.07, 6.45) is -0.0528. The lowest BCUT2D eigenvalue weighted by atomic mass is 10.1. The Balaban J connectivity index is 1.50. The van der Waals surface area contributed by atoms with Crippen molar-refractivity contribution < 1.29 is 18.7 Å². The fraction of sp³-hybridized carbons (Fsp3) is 0.348. The lowest BCUT2D eigenvalue weighted by Crippen LogP contribution is -2.45. The molecule has 9 heteroatoms. The van der Waals surface area contributed by atoms with Gasteiger partial charge in [-0.2, -0.15) is 0 Å². The number of ether oxygens (including phenoxy) is 1. The molecule has 0 saturated carbocycles. The summed E-state index contributed by atoms with van der Waals surface area (Å²) in [6, 6.07) is 14.0. The molecule has 2 saturated heterocycles. The van der Waals surface area contributed by atoms with E-state index < -0.39 is 6.04 Å². The van der Waals surface area contributed by atoms with Gasteiger partial charge in [-0.3, -0.25) is 19.4 Å². The minimum atomic E-state index is -0.704. The molecule has 0 unspecified atom stereocenters. The smallest absolute Gasteiger partial charge is 0.256 e. The SMILES string of the molecule is O=C(C[C@@H]1C(=O)N(c2ccccc2)C(=S)N1CCN1CCOCC1)Nc1ccc(F)cc1. The van der Waals surface area contributed by atoms with E-state index in [1.54, 1.807) is 0 Å². The van der Waals surface area contributed by atoms with Gasteiger partial charge in [0.1, 0.15) is 11.9 Å². The number of halogens is 1. The van der Waals surface area contributed by atoms with Crippen LogP contribution in [-0.2, 0) is 14.3 Å². The van der Waals surface area contributed by atoms with E-state index in [1.165, 1.54) is 29.2 Å². The van der Waals surface area contributed by atoms with Crippen molar-refractivity contribution in [2.24, 2.45) is 0 Å². The van der Waals surface area contributed by atoms with Gasteiger partial charge in [-0.25, -0.2) is 4.39 Å². The summed E-state index contributed by atoms with van der Waals surface area (Å²) in [4.78, 5) is 31.7. The number of nitrogens with one attached hydrogen (secondary N) is 1. The first-order valence-electron chi connectivity index (χ1n) is 10.6. The molecule has 2 heterocycles. The molecule has 4 rings (SSSR count). The van der Waals surface area contributed by atoms with Crippen LogP contribution in [0, 0.1) is 5.82 Å². The van der Waals surface area contributed by atoms with Crippen LogP contribution in [0.3, 0.4) is 0 Å². The molecule has 0 bridgehead atoms. The minimum Gasteiger partial charge on any atom is -0.379 e. The second-order valence-electron chi connectivity index (χ2n) is 7.71. The molecule has 32 heavy (non-hydrogen) atoms. The number of thiocarbonyl (C=S) groups is 1. The Morgan fingerprint density at radius 2 is 1.75 bits per heavy atom. The predicted octanol–water partition coefficient (Wildman–Crippen LogP) is 2.49. The average Bonchev–Trinajstić information content (AvgIpc) is 3.04. The Labute approximate surface area is 191 Å². The molecule has 1 atom stereocenters. The van der Waals surface area contributed by atoms with Crippen molar-refractivity contribution in [3.63, 3.8) is 0 Å². The number of rotatable bonds is 7. The molecule has 168 valence electrons. The number of para-hydroxylation sites is 1. The third kappa shape index (κ3) is 5.12. The normalized spacial score (nSPS) is 19.5. The highest BCUT2D eigenvalue weighted by atomic mass is 32.1. The van der Waals surface area contributed by atoms with Crippen LogP contribution in [0.4, 0.5) is 15.8 Å². The minimum absolute atomic E-state index is 0.0528. The van der Waals surface area contributed by atoms with Crippen LogP contribution in [0.5, 0.6) is 0 Å². The van der Waals surface area contributed by atoms with Gasteiger partial charge >= 0.3 is 0 Å². The topological polar surface area (TPSA) is 65.1 Å². The average molecular weight is 457 g/mol. The number of amides is 2. The molecule has 0 spiro atoms. The van der Waals surface area contributed by atoms with Gasteiger partial charge in [-0.05, 0) is 48.6 Å². The fourth-order valence-electron chi connectivity index (χ4n) is 3.90. The van der Waals surface area contributed by atoms with Gasteiger partial charge in [0, 0.05) is 31.9 Å². The van der Waals surface area contributed by atoms with E-state index in [9.17, 15) is 14.0 Å². The summed E-state index contributed by atoms with van der Waals surface area (Å²) in [5.74, 6) is -0.936. The fourth-order valence-corrected chi connectivity index (χ4v) is 4.31. The molecule has 2 aliphatic rings. The van der Waals surface area contributed by atoms with Crippen LogP contribution in [0.1, 0.15) is 6.42 Å². The van der Waals surface area contributed by atoms with E-state index in [4.69, 9.17) is 17.0 Å². The summed E-state index contributed by atoms with van der Waals surface area (Å²) in [5, 5.41) is 3.14. The maximum atomic E-state index is 13.3. The van der Waals surface area contributed by atoms with Crippen LogP contribution in [0.2, 0.25) is 0 Å². The van der Waals surface area contributed by atoms with Crippen LogP contribution in [0.25, 0.3) is 0 Å². The molecule has 2 fully saturated rings. The van der Waals surface area contributed by atoms with Crippen molar-refractivity contribution >= 4 is 40.5 Å². The molecule has 2 amide bonds. The second-order valence-corrected chi connectivity index (χ2v) is 8.08. The van der Waals surface area contributed by atoms with Crippen LogP contribution >= 0.6 is 12.2 Å². The van der Waals surface area contributed by atoms with E-state index in [-0.39, 0.29) is 24.1 Å². The van der Waals surface area contributed by atoms with Gasteiger partial charge in [0.15, 0.2) is 5.11 Å². The number of nitrogens with zero attached hydrogens (tertiary/aromatic N) is 3. The van der Waals surface area contributed by atoms with Crippen molar-refractivity contribution in [1.82, 2.24) is 9.80 Å². The van der Waals surface area contributed by atoms with Gasteiger partial charge in [-0.15, -0.1) is 0 Å². The van der Waals surface area contributed by atoms with Gasteiger partial charge < -0.3 is 15.0 Å². The molecular weight excluding hydrogens is 431 g/mol. The highest BCUT2D eigenvalue weighted by molar-refractivity contribution is 7.80. The predicted molar refractivity (Wildman–Crippen MR) is 124 cm³/mol. The van der Waals surface area contributed by atoms with E-state index in [1.807, 2.05) is 35.2 Å². The van der Waals surface area contributed by atoms with Crippen molar-refractivity contribution in [1.29, 1.82) is 0 Å². The number of hydrogen-bond acceptors (Lipinski definition) is 5. The standard InChI is InChI=1S/C23H25FN4O3S/c24-17-6-8-18(9-7-17)25-21(29)16-20-22(30)28(19-4-2-1-3-5-19)23(32)27(20)11-10-26-12-14-31-15-13-26/h1-9,20H,10-16H2,(H,25,29)/t20-/m1/s1. The van der Waals surface area contributed by atoms with Crippen molar-refractivity contribution in [3.05, 3.63) is 60.4 Å². The molecule has 0 aromatic heterocycles. The third-order valence-electron chi connectivity index (χ3n) is 5.60. The van der Waals surface area contributed by atoms with E-state index in [0.717, 1.165) is 19.6 Å². The van der Waals surface area contributed by atoms with Gasteiger partial charge in [-0.1, -0.05) is 18.2 Å². The van der Waals surface area contributed by atoms with E-state index in [2.05, 4.69) is 10.2 Å². The maximum Gasteiger partial charge on any atom is 0.256 e. The Morgan fingerprint density at radius 3 is 2.44 bits per heavy atom. The van der Waals surface area contributed by atoms with Crippen molar-refractivity contribution in [2.45, 2.75) is 12.5 Å². The van der Waals surface area contributed by atoms with Crippen LogP contribution in [0.15, 0.2) is 54.6 Å². The van der Waals surface area contributed by atoms with Gasteiger partial charge in [0.25, 0.3) is 5.91 Å². The Hall–Kier alpha value is -2.88. The first-order chi connectivity index (χ1) is 15.5. The van der Waals surface area contributed by atoms with Gasteiger partial charge in [0.2, 0.25) is 5.91 Å². The van der Waals surface area contributed by atoms with Gasteiger partial charge in [0.05, 0.1) is 25.3 Å². The Morgan fingerprint density at radius 1 is 1.06 bits per heavy atom. The number of carbonyl (C=O) groups is 2. The van der Waals surface area contributed by atoms with Crippen molar-refractivity contribution in [3.8, 4) is 0 Å². The lowest BCUT2D eigenvalue weighted by molar-refractivity contribution is -0.124. The number of carbonyl (C=O) groups excluding carboxylic acids is 2. The second kappa shape index (κ2) is 10.2. The van der Waals surface area contributed by atoms with E-state index >= 15 is 0 Å². The summed E-state index contributed by atoms with van der Waals surface area (Å²) in [6.45, 7) is 4.27. The zero-order chi connectivity index (χ0) is 22.5. The largest absolute Gasteiger partial charge is 0.379 e. The first-order valence-corrected chi connectivity index (χ1v) is 11.0. The third-order valence-corrected chi connectivity index (χ3v) is 6.02. The number of hydrogen-bond donors (Lipinski definition) is 1. The molecule has 7 nitrogen and oxygen atoms in total. The molecule has 2 aromatic carbocycles. The quantitative estimate of drug-likeness (QED) is 0.646. The molecule has 2 aliphatic heterocycles. The number of anilines is 2. The van der Waals surface area contributed by atoms with Crippen molar-refractivity contribution in [2.75, 3.05) is 49.6 Å². The first kappa shape index (κ1) is 22.3. The zero-order valence-corrected chi connectivity index (χ0v) is 18.4. The summed E-state index contributed by atoms with van der Waals surface area (Å²) in [5.41, 5.74) is 1.16. The maximum absolute atomic E-state index is 13.3. The number of morpholine rings is 1. The number of benzene rings is 2. The molecule has 2 aromatic rings. The monoisotopic (exact) mass is 456 g/mol. The van der Waals surface area contributed by atoms with Crippen LogP contribution in [-0.4, -0.2) is 72.2 Å². The van der Waals surface area contributed by atoms with Crippen LogP contribution < -0.4 is 10.2 Å².